The lowest BCUT2D eigenvalue weighted by Gasteiger charge is -2.40. The molecule has 256 valence electrons. The van der Waals surface area contributed by atoms with Crippen LogP contribution in [0.3, 0.4) is 0 Å². The van der Waals surface area contributed by atoms with Gasteiger partial charge < -0.3 is 20.0 Å². The van der Waals surface area contributed by atoms with Gasteiger partial charge in [0.1, 0.15) is 0 Å². The van der Waals surface area contributed by atoms with E-state index < -0.39 is 0 Å². The molecule has 0 aromatic rings. The largest absolute Gasteiger partial charge is 0.317 e. The molecule has 3 N–H and O–H groups in total. The number of rotatable bonds is 14. The van der Waals surface area contributed by atoms with Gasteiger partial charge in [0.15, 0.2) is 0 Å². The van der Waals surface area contributed by atoms with Gasteiger partial charge in [0.25, 0.3) is 0 Å². The van der Waals surface area contributed by atoms with E-state index in [0.29, 0.717) is 5.25 Å². The first-order chi connectivity index (χ1) is 20.9. The molecule has 0 atom stereocenters. The highest BCUT2D eigenvalue weighted by Crippen LogP contribution is 2.20. The number of piperidine rings is 2. The highest BCUT2D eigenvalue weighted by Gasteiger charge is 2.26. The average molecular weight is 645 g/mol. The smallest absolute Gasteiger partial charge is 0.0186 e. The van der Waals surface area contributed by atoms with Crippen LogP contribution in [0.25, 0.3) is 0 Å². The van der Waals surface area contributed by atoms with Crippen molar-refractivity contribution in [3.63, 3.8) is 0 Å². The number of hydrogen-bond donors (Lipinski definition) is 3. The van der Waals surface area contributed by atoms with Gasteiger partial charge in [-0.25, -0.2) is 0 Å². The van der Waals surface area contributed by atoms with Crippen molar-refractivity contribution in [2.24, 2.45) is 5.92 Å². The van der Waals surface area contributed by atoms with Crippen LogP contribution in [0, 0.1) is 5.92 Å². The summed E-state index contributed by atoms with van der Waals surface area (Å²) in [4.78, 5) is 13.3. The molecule has 4 aliphatic heterocycles. The maximum Gasteiger partial charge on any atom is 0.0186 e. The van der Waals surface area contributed by atoms with E-state index in [1.807, 2.05) is 25.8 Å². The van der Waals surface area contributed by atoms with Crippen LogP contribution in [0.2, 0.25) is 0 Å². The highest BCUT2D eigenvalue weighted by atomic mass is 32.2. The molecule has 0 aliphatic carbocycles. The van der Waals surface area contributed by atoms with E-state index in [2.05, 4.69) is 73.2 Å². The summed E-state index contributed by atoms with van der Waals surface area (Å²) in [5.74, 6) is 0.935. The minimum Gasteiger partial charge on any atom is -0.317 e. The molecule has 0 radical (unpaired) electrons. The van der Waals surface area contributed by atoms with Crippen LogP contribution < -0.4 is 14.8 Å². The van der Waals surface area contributed by atoms with Crippen molar-refractivity contribution < 1.29 is 0 Å². The van der Waals surface area contributed by atoms with Gasteiger partial charge in [-0.15, -0.1) is 0 Å². The molecular weight excluding hydrogens is 573 g/mol. The summed E-state index contributed by atoms with van der Waals surface area (Å²) < 4.78 is 6.80. The van der Waals surface area contributed by atoms with Gasteiger partial charge in [0.2, 0.25) is 0 Å². The SMILES string of the molecule is CC.CC(C)SNCCCN1CCN(C2CCNCC2)CC1.CSNCCN1CCN(CC2CCN(C(C)C)CC2)CC1. The summed E-state index contributed by atoms with van der Waals surface area (Å²) in [7, 11) is 0. The van der Waals surface area contributed by atoms with Gasteiger partial charge in [-0.3, -0.25) is 19.2 Å². The molecule has 4 fully saturated rings. The Bertz CT molecular complexity index is 628. The third-order valence-electron chi connectivity index (χ3n) is 9.34. The lowest BCUT2D eigenvalue weighted by molar-refractivity contribution is 0.0817. The van der Waals surface area contributed by atoms with Gasteiger partial charge in [0, 0.05) is 95.9 Å². The van der Waals surface area contributed by atoms with Gasteiger partial charge in [-0.1, -0.05) is 51.6 Å². The van der Waals surface area contributed by atoms with Gasteiger partial charge in [0.05, 0.1) is 0 Å². The zero-order chi connectivity index (χ0) is 31.3. The summed E-state index contributed by atoms with van der Waals surface area (Å²) >= 11 is 3.58. The fourth-order valence-electron chi connectivity index (χ4n) is 6.64. The first-order valence-corrected chi connectivity index (χ1v) is 20.0. The van der Waals surface area contributed by atoms with Crippen LogP contribution in [0.5, 0.6) is 0 Å². The van der Waals surface area contributed by atoms with Gasteiger partial charge >= 0.3 is 0 Å². The Hall–Kier alpha value is 0.380. The molecule has 0 aromatic carbocycles. The predicted octanol–water partition coefficient (Wildman–Crippen LogP) is 4.01. The Morgan fingerprint density at radius 3 is 1.86 bits per heavy atom. The van der Waals surface area contributed by atoms with Crippen molar-refractivity contribution in [3.05, 3.63) is 0 Å². The van der Waals surface area contributed by atoms with E-state index in [-0.39, 0.29) is 0 Å². The summed E-state index contributed by atoms with van der Waals surface area (Å²) in [6, 6.07) is 1.58. The second-order valence-electron chi connectivity index (χ2n) is 13.1. The van der Waals surface area contributed by atoms with Crippen LogP contribution in [0.1, 0.15) is 73.6 Å². The Kier molecular flexibility index (Phi) is 22.6. The molecule has 0 aromatic heterocycles. The normalized spacial score (nSPS) is 22.8. The summed E-state index contributed by atoms with van der Waals surface area (Å²) in [6.07, 6.45) is 8.86. The van der Waals surface area contributed by atoms with Crippen molar-refractivity contribution in [1.29, 1.82) is 0 Å². The van der Waals surface area contributed by atoms with Gasteiger partial charge in [-0.2, -0.15) is 0 Å². The van der Waals surface area contributed by atoms with E-state index >= 15 is 0 Å². The minimum atomic E-state index is 0.684. The Labute approximate surface area is 276 Å². The molecule has 4 aliphatic rings. The monoisotopic (exact) mass is 645 g/mol. The van der Waals surface area contributed by atoms with Crippen molar-refractivity contribution in [2.45, 2.75) is 91.0 Å². The fraction of sp³-hybridized carbons (Fsp3) is 1.00. The average Bonchev–Trinajstić information content (AvgIpc) is 3.04. The van der Waals surface area contributed by atoms with Crippen molar-refractivity contribution in [1.82, 2.24) is 39.3 Å². The standard InChI is InChI=1S/C16H34N4S.C15H32N4S.C2H6/c1-15(2)20-7-4-16(5-8-20)14-19-12-10-18(11-13-19)9-6-17-21-3;1-14(2)20-17-6-3-9-18-10-12-19(13-11-18)15-4-7-16-8-5-15;1-2/h15-17H,4-14H2,1-3H3;14-17H,3-13H2,1-2H3;1-2H3. The Balaban J connectivity index is 0.000000284. The van der Waals surface area contributed by atoms with E-state index in [1.165, 1.54) is 130 Å². The number of likely N-dealkylation sites (tertiary alicyclic amines) is 1. The second kappa shape index (κ2) is 24.5. The molecule has 4 rings (SSSR count). The lowest BCUT2D eigenvalue weighted by atomic mass is 9.95. The van der Waals surface area contributed by atoms with Crippen LogP contribution in [0.4, 0.5) is 0 Å². The van der Waals surface area contributed by atoms with E-state index in [1.54, 1.807) is 11.9 Å². The molecular formula is C33H72N8S2. The molecule has 0 amide bonds. The van der Waals surface area contributed by atoms with E-state index in [9.17, 15) is 0 Å². The quantitative estimate of drug-likeness (QED) is 0.191. The Morgan fingerprint density at radius 1 is 0.698 bits per heavy atom. The predicted molar refractivity (Wildman–Crippen MR) is 194 cm³/mol. The molecule has 0 spiro atoms. The molecule has 0 unspecified atom stereocenters. The van der Waals surface area contributed by atoms with Crippen LogP contribution in [0.15, 0.2) is 0 Å². The number of nitrogens with zero attached hydrogens (tertiary/aromatic N) is 5. The third-order valence-corrected chi connectivity index (χ3v) is 10.7. The van der Waals surface area contributed by atoms with E-state index in [0.717, 1.165) is 31.1 Å². The van der Waals surface area contributed by atoms with Crippen LogP contribution >= 0.6 is 23.9 Å². The third kappa shape index (κ3) is 17.2. The maximum absolute atomic E-state index is 3.46. The minimum absolute atomic E-state index is 0.684. The fourth-order valence-corrected chi connectivity index (χ4v) is 7.53. The summed E-state index contributed by atoms with van der Waals surface area (Å²) in [6.45, 7) is 34.3. The molecule has 4 saturated heterocycles. The Morgan fingerprint density at radius 2 is 1.28 bits per heavy atom. The maximum atomic E-state index is 3.46. The molecule has 8 nitrogen and oxygen atoms in total. The number of nitrogens with one attached hydrogen (secondary N) is 3. The molecule has 0 bridgehead atoms. The topological polar surface area (TPSA) is 52.3 Å². The molecule has 0 saturated carbocycles. The molecule has 10 heteroatoms. The zero-order valence-corrected chi connectivity index (χ0v) is 31.1. The first-order valence-electron chi connectivity index (χ1n) is 17.9. The van der Waals surface area contributed by atoms with Crippen molar-refractivity contribution >= 4 is 23.9 Å². The highest BCUT2D eigenvalue weighted by molar-refractivity contribution is 7.98. The molecule has 4 heterocycles. The number of hydrogen-bond acceptors (Lipinski definition) is 10. The zero-order valence-electron chi connectivity index (χ0n) is 29.4. The second-order valence-corrected chi connectivity index (χ2v) is 15.3. The molecule has 43 heavy (non-hydrogen) atoms. The summed E-state index contributed by atoms with van der Waals surface area (Å²) in [5, 5.41) is 4.15. The van der Waals surface area contributed by atoms with Crippen molar-refractivity contribution in [2.75, 3.05) is 118 Å². The number of piperazine rings is 2. The summed E-state index contributed by atoms with van der Waals surface area (Å²) in [5.41, 5.74) is 0. The van der Waals surface area contributed by atoms with Gasteiger partial charge in [-0.05, 0) is 90.8 Å². The van der Waals surface area contributed by atoms with Crippen LogP contribution in [-0.2, 0) is 0 Å². The van der Waals surface area contributed by atoms with Crippen molar-refractivity contribution in [3.8, 4) is 0 Å². The lowest BCUT2D eigenvalue weighted by Crippen LogP contribution is -2.52. The van der Waals surface area contributed by atoms with E-state index in [4.69, 9.17) is 0 Å². The van der Waals surface area contributed by atoms with Crippen LogP contribution in [-0.4, -0.2) is 159 Å². The first kappa shape index (κ1) is 39.6.